The fourth-order valence-electron chi connectivity index (χ4n) is 1.43. The summed E-state index contributed by atoms with van der Waals surface area (Å²) in [6, 6.07) is 6.07. The van der Waals surface area contributed by atoms with E-state index in [0.717, 1.165) is 18.4 Å². The van der Waals surface area contributed by atoms with E-state index in [1.165, 1.54) is 12.1 Å². The number of halogens is 1. The van der Waals surface area contributed by atoms with Gasteiger partial charge in [0.25, 0.3) is 6.47 Å². The van der Waals surface area contributed by atoms with Gasteiger partial charge in [0.15, 0.2) is 0 Å². The van der Waals surface area contributed by atoms with Crippen molar-refractivity contribution >= 4 is 6.47 Å². The minimum Gasteiger partial charge on any atom is -0.456 e. The van der Waals surface area contributed by atoms with E-state index in [2.05, 4.69) is 0 Å². The van der Waals surface area contributed by atoms with Crippen LogP contribution in [-0.4, -0.2) is 6.47 Å². The molecule has 1 aromatic carbocycles. The Balaban J connectivity index is 2.25. The number of hydrogen-bond acceptors (Lipinski definition) is 2. The summed E-state index contributed by atoms with van der Waals surface area (Å²) < 4.78 is 17.5. The monoisotopic (exact) mass is 180 g/mol. The lowest BCUT2D eigenvalue weighted by atomic mass is 10.1. The number of hydrogen-bond donors (Lipinski definition) is 0. The maximum atomic E-state index is 12.6. The molecule has 2 nitrogen and oxygen atoms in total. The van der Waals surface area contributed by atoms with E-state index >= 15 is 0 Å². The molecule has 0 radical (unpaired) electrons. The first-order valence-electron chi connectivity index (χ1n) is 4.14. The molecule has 0 aliphatic heterocycles. The van der Waals surface area contributed by atoms with Crippen molar-refractivity contribution in [2.24, 2.45) is 0 Å². The maximum Gasteiger partial charge on any atom is 0.293 e. The summed E-state index contributed by atoms with van der Waals surface area (Å²) in [5, 5.41) is 0. The van der Waals surface area contributed by atoms with Crippen molar-refractivity contribution in [1.82, 2.24) is 0 Å². The highest BCUT2D eigenvalue weighted by Gasteiger charge is 2.46. The third-order valence-corrected chi connectivity index (χ3v) is 2.35. The van der Waals surface area contributed by atoms with Crippen molar-refractivity contribution in [3.05, 3.63) is 35.6 Å². The first-order chi connectivity index (χ1) is 6.27. The lowest BCUT2D eigenvalue weighted by Gasteiger charge is -2.12. The zero-order chi connectivity index (χ0) is 9.31. The normalized spacial score (nSPS) is 17.9. The van der Waals surface area contributed by atoms with E-state index in [9.17, 15) is 9.18 Å². The van der Waals surface area contributed by atoms with Crippen molar-refractivity contribution < 1.29 is 13.9 Å². The average Bonchev–Trinajstić information content (AvgIpc) is 2.87. The predicted molar refractivity (Wildman–Crippen MR) is 44.5 cm³/mol. The molecule has 1 aromatic rings. The van der Waals surface area contributed by atoms with Gasteiger partial charge in [0.2, 0.25) is 0 Å². The van der Waals surface area contributed by atoms with Crippen LogP contribution in [-0.2, 0) is 15.1 Å². The fraction of sp³-hybridized carbons (Fsp3) is 0.300. The van der Waals surface area contributed by atoms with Gasteiger partial charge >= 0.3 is 0 Å². The van der Waals surface area contributed by atoms with Crippen LogP contribution in [0, 0.1) is 5.82 Å². The zero-order valence-corrected chi connectivity index (χ0v) is 7.00. The largest absolute Gasteiger partial charge is 0.456 e. The first kappa shape index (κ1) is 8.23. The van der Waals surface area contributed by atoms with E-state index in [1.807, 2.05) is 0 Å². The molecule has 1 aliphatic carbocycles. The summed E-state index contributed by atoms with van der Waals surface area (Å²) in [7, 11) is 0. The lowest BCUT2D eigenvalue weighted by molar-refractivity contribution is -0.136. The Morgan fingerprint density at radius 3 is 2.38 bits per heavy atom. The molecular weight excluding hydrogens is 171 g/mol. The van der Waals surface area contributed by atoms with Crippen LogP contribution in [0.3, 0.4) is 0 Å². The molecule has 0 bridgehead atoms. The molecule has 0 N–H and O–H groups in total. The van der Waals surface area contributed by atoms with Crippen LogP contribution in [0.4, 0.5) is 4.39 Å². The second kappa shape index (κ2) is 2.83. The third-order valence-electron chi connectivity index (χ3n) is 2.35. The maximum absolute atomic E-state index is 12.6. The first-order valence-corrected chi connectivity index (χ1v) is 4.14. The molecule has 3 heteroatoms. The molecule has 0 aromatic heterocycles. The van der Waals surface area contributed by atoms with E-state index < -0.39 is 5.60 Å². The highest BCUT2D eigenvalue weighted by Crippen LogP contribution is 2.48. The van der Waals surface area contributed by atoms with Gasteiger partial charge in [0, 0.05) is 0 Å². The van der Waals surface area contributed by atoms with Crippen LogP contribution < -0.4 is 0 Å². The second-order valence-electron chi connectivity index (χ2n) is 3.22. The van der Waals surface area contributed by atoms with Gasteiger partial charge in [0.1, 0.15) is 11.4 Å². The van der Waals surface area contributed by atoms with Crippen molar-refractivity contribution in [2.45, 2.75) is 18.4 Å². The standard InChI is InChI=1S/C10H9FO2/c11-9-3-1-8(2-4-9)10(5-6-10)13-7-12/h1-4,7H,5-6H2. The number of benzene rings is 1. The molecule has 0 spiro atoms. The predicted octanol–water partition coefficient (Wildman–Crippen LogP) is 1.99. The number of carbonyl (C=O) groups excluding carboxylic acids is 1. The third kappa shape index (κ3) is 1.41. The second-order valence-corrected chi connectivity index (χ2v) is 3.22. The minimum absolute atomic E-state index is 0.273. The number of rotatable bonds is 3. The van der Waals surface area contributed by atoms with Crippen LogP contribution in [0.15, 0.2) is 24.3 Å². The van der Waals surface area contributed by atoms with Gasteiger partial charge < -0.3 is 4.74 Å². The van der Waals surface area contributed by atoms with Crippen molar-refractivity contribution in [1.29, 1.82) is 0 Å². The summed E-state index contributed by atoms with van der Waals surface area (Å²) in [5.74, 6) is -0.273. The summed E-state index contributed by atoms with van der Waals surface area (Å²) in [6.07, 6.45) is 1.66. The van der Waals surface area contributed by atoms with Crippen LogP contribution in [0.25, 0.3) is 0 Å². The Labute approximate surface area is 75.3 Å². The summed E-state index contributed by atoms with van der Waals surface area (Å²) in [4.78, 5) is 10.2. The van der Waals surface area contributed by atoms with Crippen molar-refractivity contribution in [2.75, 3.05) is 0 Å². The fourth-order valence-corrected chi connectivity index (χ4v) is 1.43. The number of carbonyl (C=O) groups is 1. The Morgan fingerprint density at radius 1 is 1.31 bits per heavy atom. The molecule has 1 saturated carbocycles. The van der Waals surface area contributed by atoms with Crippen LogP contribution in [0.1, 0.15) is 18.4 Å². The van der Waals surface area contributed by atoms with E-state index in [4.69, 9.17) is 4.74 Å². The molecule has 0 saturated heterocycles. The topological polar surface area (TPSA) is 26.3 Å². The highest BCUT2D eigenvalue weighted by atomic mass is 19.1. The van der Waals surface area contributed by atoms with Gasteiger partial charge in [0.05, 0.1) is 0 Å². The molecule has 0 atom stereocenters. The Morgan fingerprint density at radius 2 is 1.92 bits per heavy atom. The molecule has 68 valence electrons. The van der Waals surface area contributed by atoms with Crippen LogP contribution in [0.2, 0.25) is 0 Å². The van der Waals surface area contributed by atoms with Crippen molar-refractivity contribution in [3.8, 4) is 0 Å². The molecule has 1 aliphatic rings. The number of ether oxygens (including phenoxy) is 1. The zero-order valence-electron chi connectivity index (χ0n) is 7.00. The molecule has 0 unspecified atom stereocenters. The van der Waals surface area contributed by atoms with Crippen LogP contribution in [0.5, 0.6) is 0 Å². The van der Waals surface area contributed by atoms with Gasteiger partial charge in [-0.25, -0.2) is 4.39 Å². The van der Waals surface area contributed by atoms with Crippen LogP contribution >= 0.6 is 0 Å². The summed E-state index contributed by atoms with van der Waals surface area (Å²) >= 11 is 0. The average molecular weight is 180 g/mol. The molecular formula is C10H9FO2. The Bertz CT molecular complexity index is 314. The molecule has 0 amide bonds. The van der Waals surface area contributed by atoms with Gasteiger partial charge in [-0.1, -0.05) is 12.1 Å². The summed E-state index contributed by atoms with van der Waals surface area (Å²) in [6.45, 7) is 0.455. The Hall–Kier alpha value is -1.38. The Kier molecular flexibility index (Phi) is 1.79. The quantitative estimate of drug-likeness (QED) is 0.665. The van der Waals surface area contributed by atoms with Gasteiger partial charge in [-0.3, -0.25) is 4.79 Å². The van der Waals surface area contributed by atoms with Gasteiger partial charge in [-0.05, 0) is 30.5 Å². The van der Waals surface area contributed by atoms with E-state index in [1.54, 1.807) is 12.1 Å². The summed E-state index contributed by atoms with van der Waals surface area (Å²) in [5.41, 5.74) is 0.427. The molecule has 13 heavy (non-hydrogen) atoms. The minimum atomic E-state index is -0.449. The smallest absolute Gasteiger partial charge is 0.293 e. The van der Waals surface area contributed by atoms with Gasteiger partial charge in [-0.15, -0.1) is 0 Å². The highest BCUT2D eigenvalue weighted by molar-refractivity contribution is 5.42. The lowest BCUT2D eigenvalue weighted by Crippen LogP contribution is -2.10. The van der Waals surface area contributed by atoms with E-state index in [-0.39, 0.29) is 5.82 Å². The van der Waals surface area contributed by atoms with Gasteiger partial charge in [-0.2, -0.15) is 0 Å². The van der Waals surface area contributed by atoms with Crippen molar-refractivity contribution in [3.63, 3.8) is 0 Å². The molecule has 0 heterocycles. The molecule has 1 fully saturated rings. The molecule has 2 rings (SSSR count). The van der Waals surface area contributed by atoms with E-state index in [0.29, 0.717) is 6.47 Å². The SMILES string of the molecule is O=COC1(c2ccc(F)cc2)CC1.